The summed E-state index contributed by atoms with van der Waals surface area (Å²) in [6, 6.07) is 9.32. The van der Waals surface area contributed by atoms with Gasteiger partial charge >= 0.3 is 0 Å². The van der Waals surface area contributed by atoms with Crippen LogP contribution in [0.3, 0.4) is 0 Å². The highest BCUT2D eigenvalue weighted by Gasteiger charge is 2.29. The first-order valence-corrected chi connectivity index (χ1v) is 9.69. The summed E-state index contributed by atoms with van der Waals surface area (Å²) >= 11 is 0. The van der Waals surface area contributed by atoms with Crippen LogP contribution in [0, 0.1) is 11.6 Å². The largest absolute Gasteiger partial charge is 0.361 e. The molecule has 30 heavy (non-hydrogen) atoms. The van der Waals surface area contributed by atoms with Crippen molar-refractivity contribution in [1.82, 2.24) is 14.8 Å². The summed E-state index contributed by atoms with van der Waals surface area (Å²) < 4.78 is 27.7. The van der Waals surface area contributed by atoms with Gasteiger partial charge in [-0.25, -0.2) is 8.78 Å². The van der Waals surface area contributed by atoms with Crippen LogP contribution in [0.25, 0.3) is 10.9 Å². The number of aldehydes is 1. The summed E-state index contributed by atoms with van der Waals surface area (Å²) in [4.78, 5) is 31.2. The van der Waals surface area contributed by atoms with Crippen LogP contribution in [0.2, 0.25) is 0 Å². The number of fused-ring (bicyclic) bond motifs is 1. The highest BCUT2D eigenvalue weighted by molar-refractivity contribution is 5.87. The zero-order valence-electron chi connectivity index (χ0n) is 17.2. The van der Waals surface area contributed by atoms with Crippen molar-refractivity contribution in [2.24, 2.45) is 0 Å². The lowest BCUT2D eigenvalue weighted by Crippen LogP contribution is -2.50. The molecule has 2 unspecified atom stereocenters. The fraction of sp³-hybridized carbons (Fsp3) is 0.304. The maximum atomic E-state index is 14.0. The van der Waals surface area contributed by atoms with Gasteiger partial charge in [-0.3, -0.25) is 9.69 Å². The van der Waals surface area contributed by atoms with Crippen LogP contribution in [0.4, 0.5) is 8.78 Å². The minimum atomic E-state index is -0.794. The van der Waals surface area contributed by atoms with Gasteiger partial charge in [0.05, 0.1) is 12.1 Å². The summed E-state index contributed by atoms with van der Waals surface area (Å²) in [5.74, 6) is -1.02. The summed E-state index contributed by atoms with van der Waals surface area (Å²) in [6.45, 7) is 0. The van der Waals surface area contributed by atoms with E-state index >= 15 is 0 Å². The van der Waals surface area contributed by atoms with Crippen molar-refractivity contribution in [3.8, 4) is 0 Å². The summed E-state index contributed by atoms with van der Waals surface area (Å²) in [7, 11) is 5.10. The molecule has 0 fully saturated rings. The zero-order valence-corrected chi connectivity index (χ0v) is 17.2. The Bertz CT molecular complexity index is 1050. The Morgan fingerprint density at radius 2 is 1.80 bits per heavy atom. The van der Waals surface area contributed by atoms with Gasteiger partial charge in [-0.05, 0) is 55.9 Å². The summed E-state index contributed by atoms with van der Waals surface area (Å²) in [6.07, 6.45) is 2.87. The van der Waals surface area contributed by atoms with Crippen molar-refractivity contribution >= 4 is 23.1 Å². The number of hydrogen-bond acceptors (Lipinski definition) is 3. The van der Waals surface area contributed by atoms with E-state index < -0.39 is 17.9 Å². The van der Waals surface area contributed by atoms with Crippen molar-refractivity contribution in [2.75, 3.05) is 21.1 Å². The molecule has 0 saturated carbocycles. The molecule has 1 amide bonds. The fourth-order valence-electron chi connectivity index (χ4n) is 3.58. The third kappa shape index (κ3) is 4.57. The molecule has 158 valence electrons. The molecule has 0 aliphatic carbocycles. The smallest absolute Gasteiger partial charge is 0.240 e. The number of H-pyrrole nitrogens is 1. The Morgan fingerprint density at radius 3 is 2.47 bits per heavy atom. The molecular weight excluding hydrogens is 388 g/mol. The molecule has 0 spiro atoms. The van der Waals surface area contributed by atoms with E-state index in [9.17, 15) is 18.4 Å². The minimum absolute atomic E-state index is 0.0941. The highest BCUT2D eigenvalue weighted by atomic mass is 19.1. The molecule has 0 aliphatic heterocycles. The quantitative estimate of drug-likeness (QED) is 0.577. The third-order valence-corrected chi connectivity index (χ3v) is 5.44. The molecular formula is C23H25F2N3O2. The Kier molecular flexibility index (Phi) is 6.62. The third-order valence-electron chi connectivity index (χ3n) is 5.44. The van der Waals surface area contributed by atoms with Crippen molar-refractivity contribution in [3.05, 3.63) is 71.4 Å². The second-order valence-corrected chi connectivity index (χ2v) is 7.64. The fourth-order valence-corrected chi connectivity index (χ4v) is 3.58. The predicted molar refractivity (Wildman–Crippen MR) is 112 cm³/mol. The van der Waals surface area contributed by atoms with E-state index in [1.807, 2.05) is 0 Å². The van der Waals surface area contributed by atoms with Gasteiger partial charge in [-0.2, -0.15) is 0 Å². The second-order valence-electron chi connectivity index (χ2n) is 7.64. The first kappa shape index (κ1) is 21.6. The van der Waals surface area contributed by atoms with E-state index in [1.165, 1.54) is 23.1 Å². The van der Waals surface area contributed by atoms with E-state index in [1.54, 1.807) is 56.5 Å². The van der Waals surface area contributed by atoms with Crippen molar-refractivity contribution in [2.45, 2.75) is 24.9 Å². The van der Waals surface area contributed by atoms with Gasteiger partial charge in [0.2, 0.25) is 5.91 Å². The molecule has 3 rings (SSSR count). The Hall–Kier alpha value is -3.06. The molecule has 5 nitrogen and oxygen atoms in total. The standard InChI is InChI=1S/C23H25F2N3O2/c1-27(2)22(11-16-13-26-21-9-8-17(24)12-19(16)21)23(30)28(3)18(14-29)10-15-6-4-5-7-20(15)25/h4-9,12-14,18,22,26H,10-11H2,1-3H3. The lowest BCUT2D eigenvalue weighted by atomic mass is 10.0. The van der Waals surface area contributed by atoms with Gasteiger partial charge in [0.15, 0.2) is 0 Å². The summed E-state index contributed by atoms with van der Waals surface area (Å²) in [5.41, 5.74) is 1.97. The zero-order chi connectivity index (χ0) is 21.8. The molecule has 7 heteroatoms. The topological polar surface area (TPSA) is 56.4 Å². The lowest BCUT2D eigenvalue weighted by molar-refractivity contribution is -0.139. The second kappa shape index (κ2) is 9.17. The summed E-state index contributed by atoms with van der Waals surface area (Å²) in [5, 5.41) is 0.718. The van der Waals surface area contributed by atoms with Crippen molar-refractivity contribution < 1.29 is 18.4 Å². The molecule has 0 aliphatic rings. The van der Waals surface area contributed by atoms with E-state index in [0.717, 1.165) is 16.5 Å². The van der Waals surface area contributed by atoms with Crippen LogP contribution in [0.15, 0.2) is 48.7 Å². The normalized spacial score (nSPS) is 13.4. The van der Waals surface area contributed by atoms with E-state index in [0.29, 0.717) is 18.3 Å². The number of likely N-dealkylation sites (N-methyl/N-ethyl adjacent to an activating group) is 2. The monoisotopic (exact) mass is 413 g/mol. The number of hydrogen-bond donors (Lipinski definition) is 1. The minimum Gasteiger partial charge on any atom is -0.361 e. The lowest BCUT2D eigenvalue weighted by Gasteiger charge is -2.31. The molecule has 1 heterocycles. The molecule has 1 N–H and O–H groups in total. The molecule has 0 bridgehead atoms. The van der Waals surface area contributed by atoms with E-state index in [4.69, 9.17) is 0 Å². The van der Waals surface area contributed by atoms with Crippen LogP contribution < -0.4 is 0 Å². The number of carbonyl (C=O) groups excluding carboxylic acids is 2. The number of benzene rings is 2. The molecule has 3 aromatic rings. The van der Waals surface area contributed by atoms with Crippen LogP contribution in [-0.2, 0) is 22.4 Å². The number of halogens is 2. The van der Waals surface area contributed by atoms with Crippen LogP contribution in [-0.4, -0.2) is 60.2 Å². The molecule has 0 radical (unpaired) electrons. The van der Waals surface area contributed by atoms with E-state index in [2.05, 4.69) is 4.98 Å². The maximum Gasteiger partial charge on any atom is 0.240 e. The molecule has 2 atom stereocenters. The number of aromatic amines is 1. The van der Waals surface area contributed by atoms with Crippen molar-refractivity contribution in [3.63, 3.8) is 0 Å². The average molecular weight is 413 g/mol. The molecule has 1 aromatic heterocycles. The first-order valence-electron chi connectivity index (χ1n) is 9.69. The van der Waals surface area contributed by atoms with Gasteiger partial charge < -0.3 is 14.7 Å². The number of amides is 1. The van der Waals surface area contributed by atoms with Crippen LogP contribution in [0.1, 0.15) is 11.1 Å². The van der Waals surface area contributed by atoms with E-state index in [-0.39, 0.29) is 18.1 Å². The number of rotatable bonds is 8. The Labute approximate surface area is 174 Å². The number of nitrogens with zero attached hydrogens (tertiary/aromatic N) is 2. The predicted octanol–water partition coefficient (Wildman–Crippen LogP) is 3.19. The number of carbonyl (C=O) groups is 2. The molecule has 0 saturated heterocycles. The Balaban J connectivity index is 1.82. The SMILES string of the molecule is CN(C)C(Cc1c[nH]c2ccc(F)cc12)C(=O)N(C)C(C=O)Cc1ccccc1F. The van der Waals surface area contributed by atoms with Gasteiger partial charge in [-0.1, -0.05) is 18.2 Å². The number of nitrogens with one attached hydrogen (secondary N) is 1. The highest BCUT2D eigenvalue weighted by Crippen LogP contribution is 2.22. The van der Waals surface area contributed by atoms with Gasteiger partial charge in [0.1, 0.15) is 17.9 Å². The maximum absolute atomic E-state index is 14.0. The van der Waals surface area contributed by atoms with Crippen LogP contribution >= 0.6 is 0 Å². The van der Waals surface area contributed by atoms with Gasteiger partial charge in [0.25, 0.3) is 0 Å². The average Bonchev–Trinajstić information content (AvgIpc) is 3.12. The van der Waals surface area contributed by atoms with Gasteiger partial charge in [-0.15, -0.1) is 0 Å². The molecule has 2 aromatic carbocycles. The van der Waals surface area contributed by atoms with Crippen molar-refractivity contribution in [1.29, 1.82) is 0 Å². The van der Waals surface area contributed by atoms with Crippen LogP contribution in [0.5, 0.6) is 0 Å². The number of aromatic nitrogens is 1. The van der Waals surface area contributed by atoms with Gasteiger partial charge in [0, 0.05) is 30.6 Å². The first-order chi connectivity index (χ1) is 14.3. The Morgan fingerprint density at radius 1 is 1.07 bits per heavy atom.